The van der Waals surface area contributed by atoms with E-state index in [-0.39, 0.29) is 34.0 Å². The van der Waals surface area contributed by atoms with Gasteiger partial charge < -0.3 is 0 Å². The van der Waals surface area contributed by atoms with Crippen LogP contribution in [0, 0.1) is 23.4 Å². The molecule has 33 heavy (non-hydrogen) atoms. The molecule has 2 unspecified atom stereocenters. The summed E-state index contributed by atoms with van der Waals surface area (Å²) in [6, 6.07) is 10.4. The van der Waals surface area contributed by atoms with Gasteiger partial charge in [-0.25, -0.2) is 0 Å². The molecule has 0 aromatic heterocycles. The second kappa shape index (κ2) is 9.30. The molecule has 0 aliphatic heterocycles. The Morgan fingerprint density at radius 2 is 1.42 bits per heavy atom. The van der Waals surface area contributed by atoms with Crippen molar-refractivity contribution < 1.29 is 30.6 Å². The molecular formula is C26H31Cl2F3SiZr. The molecular weight excluding hydrogens is 559 g/mol. The molecule has 0 N–H and O–H groups in total. The van der Waals surface area contributed by atoms with Crippen LogP contribution in [0.4, 0.5) is 13.2 Å². The maximum Gasteiger partial charge on any atom is -0.147 e. The van der Waals surface area contributed by atoms with Gasteiger partial charge in [-0.3, -0.25) is 0 Å². The number of fused-ring (bicyclic) bond motifs is 1. The third-order valence-electron chi connectivity index (χ3n) is 7.77. The van der Waals surface area contributed by atoms with Gasteiger partial charge in [-0.1, -0.05) is 0 Å². The second-order valence-corrected chi connectivity index (χ2v) is 39.8. The Balaban J connectivity index is 0.00000193. The van der Waals surface area contributed by atoms with Crippen molar-refractivity contribution in [1.82, 2.24) is 0 Å². The monoisotopic (exact) mass is 588 g/mol. The minimum atomic E-state index is -3.63. The zero-order chi connectivity index (χ0) is 22.9. The first-order valence-corrected chi connectivity index (χ1v) is 24.2. The molecule has 2 aliphatic rings. The summed E-state index contributed by atoms with van der Waals surface area (Å²) in [5.41, 5.74) is 7.16. The fourth-order valence-corrected chi connectivity index (χ4v) is 24.5. The summed E-state index contributed by atoms with van der Waals surface area (Å²) in [6.07, 6.45) is 2.15. The zero-order valence-corrected chi connectivity index (χ0v) is 25.4. The van der Waals surface area contributed by atoms with Crippen molar-refractivity contribution in [3.05, 3.63) is 96.6 Å². The minimum Gasteiger partial charge on any atom is -0.147 e. The van der Waals surface area contributed by atoms with Gasteiger partial charge in [-0.2, -0.15) is 0 Å². The quantitative estimate of drug-likeness (QED) is 0.251. The Hall–Kier alpha value is -0.870. The molecule has 0 fully saturated rings. The van der Waals surface area contributed by atoms with Crippen LogP contribution in [0.25, 0.3) is 5.57 Å². The van der Waals surface area contributed by atoms with Gasteiger partial charge in [0.1, 0.15) is 0 Å². The van der Waals surface area contributed by atoms with Gasteiger partial charge in [-0.05, 0) is 0 Å². The third kappa shape index (κ3) is 4.22. The molecule has 0 spiro atoms. The van der Waals surface area contributed by atoms with Crippen LogP contribution in [0.1, 0.15) is 48.0 Å². The molecule has 0 nitrogen and oxygen atoms in total. The van der Waals surface area contributed by atoms with Crippen LogP contribution in [0.15, 0.2) is 62.5 Å². The van der Waals surface area contributed by atoms with Gasteiger partial charge in [0.15, 0.2) is 0 Å². The molecule has 0 amide bonds. The smallest absolute Gasteiger partial charge is 0.147 e. The fraction of sp³-hybridized carbons (Fsp3) is 0.308. The van der Waals surface area contributed by atoms with Crippen molar-refractivity contribution in [3.8, 4) is 0 Å². The van der Waals surface area contributed by atoms with E-state index in [1.54, 1.807) is 3.28 Å². The van der Waals surface area contributed by atoms with Crippen LogP contribution in [0.2, 0.25) is 9.26 Å². The Kier molecular flexibility index (Phi) is 7.99. The van der Waals surface area contributed by atoms with Crippen LogP contribution >= 0.6 is 24.8 Å². The van der Waals surface area contributed by atoms with Crippen molar-refractivity contribution in [2.24, 2.45) is 5.92 Å². The summed E-state index contributed by atoms with van der Waals surface area (Å²) >= 11 is -3.63. The molecule has 0 radical (unpaired) electrons. The Bertz CT molecular complexity index is 1300. The van der Waals surface area contributed by atoms with Gasteiger partial charge in [0.25, 0.3) is 0 Å². The van der Waals surface area contributed by atoms with Gasteiger partial charge >= 0.3 is 186 Å². The summed E-state index contributed by atoms with van der Waals surface area (Å²) in [5.74, 6) is -3.27. The van der Waals surface area contributed by atoms with Crippen LogP contribution in [0.3, 0.4) is 0 Å². The molecule has 0 heterocycles. The van der Waals surface area contributed by atoms with Crippen LogP contribution in [-0.2, 0) is 17.4 Å². The summed E-state index contributed by atoms with van der Waals surface area (Å²) in [4.78, 5) is 0. The topological polar surface area (TPSA) is 0 Å². The average molecular weight is 591 g/mol. The second-order valence-electron chi connectivity index (χ2n) is 10.2. The number of rotatable bonds is 3. The number of hydrogen-bond donors (Lipinski definition) is 0. The van der Waals surface area contributed by atoms with Crippen LogP contribution in [-0.4, -0.2) is 6.88 Å². The number of allylic oxidation sites excluding steroid dienone is 5. The molecule has 0 saturated heterocycles. The molecule has 0 saturated carbocycles. The molecule has 178 valence electrons. The number of hydrogen-bond acceptors (Lipinski definition) is 0. The van der Waals surface area contributed by atoms with Crippen LogP contribution < -0.4 is 0 Å². The van der Waals surface area contributed by atoms with Crippen molar-refractivity contribution in [2.45, 2.75) is 40.6 Å². The van der Waals surface area contributed by atoms with Crippen molar-refractivity contribution in [1.29, 1.82) is 0 Å². The van der Waals surface area contributed by atoms with E-state index < -0.39 is 34.9 Å². The summed E-state index contributed by atoms with van der Waals surface area (Å²) < 4.78 is 49.2. The predicted molar refractivity (Wildman–Crippen MR) is 138 cm³/mol. The summed E-state index contributed by atoms with van der Waals surface area (Å²) in [7, 11) is 0. The first kappa shape index (κ1) is 28.4. The van der Waals surface area contributed by atoms with Crippen molar-refractivity contribution in [3.63, 3.8) is 0 Å². The van der Waals surface area contributed by atoms with E-state index in [2.05, 4.69) is 56.0 Å². The molecule has 2 aromatic rings. The zero-order valence-electron chi connectivity index (χ0n) is 19.9. The third-order valence-corrected chi connectivity index (χ3v) is 25.0. The van der Waals surface area contributed by atoms with Crippen LogP contribution in [0.5, 0.6) is 0 Å². The maximum absolute atomic E-state index is 14.8. The van der Waals surface area contributed by atoms with Crippen molar-refractivity contribution in [2.75, 3.05) is 0 Å². The first-order valence-electron chi connectivity index (χ1n) is 10.8. The van der Waals surface area contributed by atoms with Gasteiger partial charge in [0.05, 0.1) is 0 Å². The van der Waals surface area contributed by atoms with E-state index in [0.717, 1.165) is 11.6 Å². The van der Waals surface area contributed by atoms with E-state index in [1.165, 1.54) is 28.3 Å². The Labute approximate surface area is 209 Å². The predicted octanol–water partition coefficient (Wildman–Crippen LogP) is 8.03. The molecule has 7 heteroatoms. The summed E-state index contributed by atoms with van der Waals surface area (Å²) in [5, 5.41) is 0. The van der Waals surface area contributed by atoms with E-state index in [9.17, 15) is 13.2 Å². The molecule has 2 aromatic carbocycles. The molecule has 0 bridgehead atoms. The average Bonchev–Trinajstić information content (AvgIpc) is 3.19. The Morgan fingerprint density at radius 1 is 0.818 bits per heavy atom. The van der Waals surface area contributed by atoms with Gasteiger partial charge in [0.2, 0.25) is 0 Å². The maximum atomic E-state index is 14.8. The van der Waals surface area contributed by atoms with Crippen molar-refractivity contribution >= 4 is 37.3 Å². The Morgan fingerprint density at radius 3 is 2.00 bits per heavy atom. The summed E-state index contributed by atoms with van der Waals surface area (Å²) in [6.45, 7) is 11.2. The SMILES string of the molecule is CC1=C(C)C(C)[C]([Zr]([CH3])([CH3])(=[SiH2])[CH]2C=C(c3ccc(F)c(F)c3F)c3ccccc32)=C1C.Cl.Cl. The first-order chi connectivity index (χ1) is 14.3. The number of benzene rings is 2. The molecule has 2 aliphatic carbocycles. The van der Waals surface area contributed by atoms with E-state index >= 15 is 0 Å². The standard InChI is InChI=1S/C15H8F3.C9H13.2CH3.2ClH.H2Si.Zr/c16-13-8-7-12(14(17)15(13)18)11-6-5-9-3-1-2-4-10(9)11;1-6-5-7(2)9(4)8(6)3;;;;;;/h1-8H;6H,1-4H3;2*1H3;2*1H;1H2;. The van der Waals surface area contributed by atoms with Gasteiger partial charge in [-0.15, -0.1) is 24.8 Å². The van der Waals surface area contributed by atoms with E-state index in [0.29, 0.717) is 11.5 Å². The van der Waals surface area contributed by atoms with Gasteiger partial charge in [0, 0.05) is 0 Å². The minimum absolute atomic E-state index is 0. The van der Waals surface area contributed by atoms with E-state index in [1.807, 2.05) is 18.2 Å². The normalized spacial score (nSPS) is 20.4. The largest absolute Gasteiger partial charge is 0.147 e. The fourth-order valence-electron chi connectivity index (χ4n) is 5.95. The number of halogens is 5. The molecule has 4 rings (SSSR count). The molecule has 2 atom stereocenters. The van der Waals surface area contributed by atoms with E-state index in [4.69, 9.17) is 0 Å².